The van der Waals surface area contributed by atoms with Crippen LogP contribution in [0.5, 0.6) is 0 Å². The van der Waals surface area contributed by atoms with Crippen LogP contribution in [0, 0.1) is 5.75 Å². The number of alkyl halides is 1. The lowest BCUT2D eigenvalue weighted by Crippen LogP contribution is -1.79. The van der Waals surface area contributed by atoms with Gasteiger partial charge in [-0.15, -0.1) is 11.6 Å². The molecule has 0 aromatic carbocycles. The van der Waals surface area contributed by atoms with Crippen molar-refractivity contribution in [3.8, 4) is 0 Å². The third-order valence-corrected chi connectivity index (χ3v) is 3.78. The number of thiol groups is 1. The van der Waals surface area contributed by atoms with Crippen LogP contribution in [-0.4, -0.2) is 5.88 Å². The fraction of sp³-hybridized carbons (Fsp3) is 0.286. The van der Waals surface area contributed by atoms with E-state index in [0.717, 1.165) is 0 Å². The fourth-order valence-electron chi connectivity index (χ4n) is 0.794. The summed E-state index contributed by atoms with van der Waals surface area (Å²) in [4.78, 5) is 1.37. The molecule has 9 heavy (non-hydrogen) atoms. The summed E-state index contributed by atoms with van der Waals surface area (Å²) in [7, 11) is -0.0828. The van der Waals surface area contributed by atoms with Gasteiger partial charge in [-0.1, -0.05) is 19.1 Å². The van der Waals surface area contributed by atoms with Crippen molar-refractivity contribution >= 4 is 22.5 Å². The zero-order valence-electron chi connectivity index (χ0n) is 5.34. The average Bonchev–Trinajstić information content (AvgIpc) is 2.33. The van der Waals surface area contributed by atoms with Crippen molar-refractivity contribution in [3.63, 3.8) is 0 Å². The molecule has 0 bridgehead atoms. The predicted molar refractivity (Wildman–Crippen MR) is 46.9 cm³/mol. The van der Waals surface area contributed by atoms with Crippen LogP contribution in [-0.2, 0) is 0 Å². The minimum absolute atomic E-state index is 0.0828. The Hall–Kier alpha value is 0.120. The summed E-state index contributed by atoms with van der Waals surface area (Å²) in [6.45, 7) is 2.09. The highest BCUT2D eigenvalue weighted by Crippen LogP contribution is 2.43. The van der Waals surface area contributed by atoms with Crippen molar-refractivity contribution in [1.82, 2.24) is 0 Å². The van der Waals surface area contributed by atoms with Crippen LogP contribution in [0.2, 0.25) is 0 Å². The first kappa shape index (κ1) is 7.23. The van der Waals surface area contributed by atoms with Crippen LogP contribution in [0.25, 0.3) is 0 Å². The minimum atomic E-state index is -0.0828. The van der Waals surface area contributed by atoms with Gasteiger partial charge in [0.2, 0.25) is 0 Å². The molecule has 0 fully saturated rings. The molecule has 51 valence electrons. The van der Waals surface area contributed by atoms with Crippen molar-refractivity contribution < 1.29 is 0 Å². The van der Waals surface area contributed by atoms with Crippen molar-refractivity contribution in [2.75, 3.05) is 5.88 Å². The maximum absolute atomic E-state index is 5.67. The maximum atomic E-state index is 5.67. The molecule has 0 N–H and O–H groups in total. The van der Waals surface area contributed by atoms with Crippen molar-refractivity contribution in [2.24, 2.45) is 0 Å². The van der Waals surface area contributed by atoms with E-state index < -0.39 is 0 Å². The van der Waals surface area contributed by atoms with E-state index in [1.165, 1.54) is 4.91 Å². The lowest BCUT2D eigenvalue weighted by atomic mass is 10.5. The van der Waals surface area contributed by atoms with E-state index in [-0.39, 0.29) is 10.9 Å². The van der Waals surface area contributed by atoms with Gasteiger partial charge in [-0.2, -0.15) is 0 Å². The van der Waals surface area contributed by atoms with Crippen LogP contribution >= 0.6 is 22.5 Å². The molecular formula is C7H10ClS. The largest absolute Gasteiger partial charge is 0.206 e. The van der Waals surface area contributed by atoms with E-state index in [0.29, 0.717) is 5.88 Å². The Morgan fingerprint density at radius 1 is 1.78 bits per heavy atom. The Kier molecular flexibility index (Phi) is 2.67. The molecule has 0 saturated heterocycles. The lowest BCUT2D eigenvalue weighted by molar-refractivity contribution is 1.66. The van der Waals surface area contributed by atoms with Crippen molar-refractivity contribution in [3.05, 3.63) is 28.2 Å². The van der Waals surface area contributed by atoms with Crippen LogP contribution < -0.4 is 0 Å². The van der Waals surface area contributed by atoms with Gasteiger partial charge in [-0.25, -0.2) is 10.9 Å². The van der Waals surface area contributed by atoms with Crippen LogP contribution in [0.1, 0.15) is 6.92 Å². The zero-order valence-corrected chi connectivity index (χ0v) is 6.99. The molecule has 1 aliphatic heterocycles. The molecule has 0 aromatic rings. The molecular weight excluding hydrogens is 152 g/mol. The molecule has 1 rings (SSSR count). The van der Waals surface area contributed by atoms with E-state index in [9.17, 15) is 0 Å². The molecule has 0 amide bonds. The Morgan fingerprint density at radius 3 is 3.00 bits per heavy atom. The van der Waals surface area contributed by atoms with Crippen molar-refractivity contribution in [1.29, 1.82) is 0 Å². The maximum Gasteiger partial charge on any atom is 0.0519 e. The topological polar surface area (TPSA) is 0 Å². The highest BCUT2D eigenvalue weighted by Gasteiger charge is 2.06. The fourth-order valence-corrected chi connectivity index (χ4v) is 2.66. The van der Waals surface area contributed by atoms with Crippen LogP contribution in [0.4, 0.5) is 0 Å². The molecule has 0 saturated carbocycles. The van der Waals surface area contributed by atoms with E-state index in [1.54, 1.807) is 0 Å². The van der Waals surface area contributed by atoms with Crippen LogP contribution in [0.3, 0.4) is 0 Å². The summed E-state index contributed by atoms with van der Waals surface area (Å²) in [5, 5.41) is 2.22. The molecule has 1 aliphatic rings. The summed E-state index contributed by atoms with van der Waals surface area (Å²) in [6, 6.07) is 0. The first-order valence-electron chi connectivity index (χ1n) is 2.89. The standard InChI is InChI=1S/C7H10ClS/c1-2-9-5-3-4-7(9)6-8/h2-5,9H,6H2,1H3. The van der Waals surface area contributed by atoms with E-state index in [4.69, 9.17) is 11.6 Å². The second-order valence-corrected chi connectivity index (χ2v) is 4.27. The highest BCUT2D eigenvalue weighted by atomic mass is 35.5. The molecule has 2 heteroatoms. The van der Waals surface area contributed by atoms with Gasteiger partial charge in [-0.05, 0) is 10.3 Å². The average molecular weight is 162 g/mol. The number of allylic oxidation sites excluding steroid dienone is 3. The quantitative estimate of drug-likeness (QED) is 0.468. The molecule has 0 nitrogen and oxygen atoms in total. The second kappa shape index (κ2) is 3.33. The van der Waals surface area contributed by atoms with Gasteiger partial charge in [0, 0.05) is 5.75 Å². The third kappa shape index (κ3) is 1.53. The second-order valence-electron chi connectivity index (χ2n) is 1.80. The van der Waals surface area contributed by atoms with Gasteiger partial charge in [0.25, 0.3) is 0 Å². The first-order chi connectivity index (χ1) is 4.38. The molecule has 1 radical (unpaired) electrons. The SMILES string of the molecule is C[CH][SH]1C=CC=C1CCl. The number of halogens is 1. The van der Waals surface area contributed by atoms with Gasteiger partial charge in [0.05, 0.1) is 5.88 Å². The normalized spacial score (nSPS) is 28.7. The van der Waals surface area contributed by atoms with Gasteiger partial charge in [-0.3, -0.25) is 0 Å². The Bertz CT molecular complexity index is 149. The summed E-state index contributed by atoms with van der Waals surface area (Å²) < 4.78 is 0. The number of rotatable bonds is 2. The Morgan fingerprint density at radius 2 is 2.56 bits per heavy atom. The van der Waals surface area contributed by atoms with Gasteiger partial charge < -0.3 is 0 Å². The van der Waals surface area contributed by atoms with Gasteiger partial charge in [0.15, 0.2) is 0 Å². The summed E-state index contributed by atoms with van der Waals surface area (Å²) in [5.41, 5.74) is 0. The number of hydrogen-bond acceptors (Lipinski definition) is 0. The summed E-state index contributed by atoms with van der Waals surface area (Å²) in [6.07, 6.45) is 4.20. The molecule has 1 unspecified atom stereocenters. The molecule has 0 spiro atoms. The van der Waals surface area contributed by atoms with Crippen molar-refractivity contribution in [2.45, 2.75) is 6.92 Å². The van der Waals surface area contributed by atoms with E-state index in [2.05, 4.69) is 30.2 Å². The third-order valence-electron chi connectivity index (χ3n) is 1.28. The van der Waals surface area contributed by atoms with E-state index in [1.807, 2.05) is 0 Å². The van der Waals surface area contributed by atoms with E-state index >= 15 is 0 Å². The summed E-state index contributed by atoms with van der Waals surface area (Å²) >= 11 is 5.67. The molecule has 0 aliphatic carbocycles. The summed E-state index contributed by atoms with van der Waals surface area (Å²) in [5.74, 6) is 2.90. The van der Waals surface area contributed by atoms with Crippen LogP contribution in [0.15, 0.2) is 22.5 Å². The lowest BCUT2D eigenvalue weighted by Gasteiger charge is -2.11. The minimum Gasteiger partial charge on any atom is -0.206 e. The van der Waals surface area contributed by atoms with Gasteiger partial charge in [0.1, 0.15) is 0 Å². The Balaban J connectivity index is 2.55. The number of hydrogen-bond donors (Lipinski definition) is 1. The van der Waals surface area contributed by atoms with Gasteiger partial charge >= 0.3 is 0 Å². The highest BCUT2D eigenvalue weighted by molar-refractivity contribution is 8.24. The molecule has 1 heterocycles. The molecule has 1 atom stereocenters. The smallest absolute Gasteiger partial charge is 0.0519 e. The zero-order chi connectivity index (χ0) is 6.69. The first-order valence-corrected chi connectivity index (χ1v) is 4.91. The predicted octanol–water partition coefficient (Wildman–Crippen LogP) is 2.82. The monoisotopic (exact) mass is 161 g/mol. The molecule has 0 aromatic heterocycles. The Labute approximate surface area is 63.9 Å².